The van der Waals surface area contributed by atoms with Gasteiger partial charge in [0, 0.05) is 19.5 Å². The normalized spacial score (nSPS) is 10.0. The maximum atomic E-state index is 11.4. The lowest BCUT2D eigenvalue weighted by Crippen LogP contribution is -2.37. The van der Waals surface area contributed by atoms with Gasteiger partial charge >= 0.3 is 12.0 Å². The number of nitrogens with one attached hydrogen (secondary N) is 2. The molecule has 0 aliphatic carbocycles. The van der Waals surface area contributed by atoms with Crippen molar-refractivity contribution in [2.75, 3.05) is 26.8 Å². The summed E-state index contributed by atoms with van der Waals surface area (Å²) in [6.07, 6.45) is 0.460. The maximum absolute atomic E-state index is 11.4. The molecule has 0 saturated carbocycles. The lowest BCUT2D eigenvalue weighted by atomic mass is 10.2. The van der Waals surface area contributed by atoms with Gasteiger partial charge in [0.15, 0.2) is 0 Å². The largest absolute Gasteiger partial charge is 0.497 e. The predicted molar refractivity (Wildman–Crippen MR) is 80.9 cm³/mol. The first-order valence-corrected chi connectivity index (χ1v) is 7.06. The van der Waals surface area contributed by atoms with Gasteiger partial charge in [-0.15, -0.1) is 0 Å². The van der Waals surface area contributed by atoms with Crippen LogP contribution in [0, 0.1) is 0 Å². The van der Waals surface area contributed by atoms with Crippen molar-refractivity contribution in [1.29, 1.82) is 0 Å². The minimum absolute atomic E-state index is 0.0469. The van der Waals surface area contributed by atoms with Gasteiger partial charge in [-0.3, -0.25) is 4.79 Å². The van der Waals surface area contributed by atoms with Crippen molar-refractivity contribution in [3.05, 3.63) is 29.8 Å². The first-order valence-electron chi connectivity index (χ1n) is 7.06. The van der Waals surface area contributed by atoms with E-state index in [1.807, 2.05) is 24.3 Å². The molecule has 1 aromatic carbocycles. The topological polar surface area (TPSA) is 96.9 Å². The summed E-state index contributed by atoms with van der Waals surface area (Å²) in [7, 11) is 1.61. The number of carbonyl (C=O) groups is 2. The zero-order valence-electron chi connectivity index (χ0n) is 12.6. The summed E-state index contributed by atoms with van der Waals surface area (Å²) in [5, 5.41) is 13.7. The van der Waals surface area contributed by atoms with Gasteiger partial charge in [0.25, 0.3) is 0 Å². The number of rotatable bonds is 10. The summed E-state index contributed by atoms with van der Waals surface area (Å²) in [4.78, 5) is 21.6. The molecule has 22 heavy (non-hydrogen) atoms. The molecule has 0 bridgehead atoms. The summed E-state index contributed by atoms with van der Waals surface area (Å²) < 4.78 is 10.5. The summed E-state index contributed by atoms with van der Waals surface area (Å²) in [5.74, 6) is -0.0703. The minimum Gasteiger partial charge on any atom is -0.497 e. The van der Waals surface area contributed by atoms with E-state index in [2.05, 4.69) is 10.6 Å². The zero-order chi connectivity index (χ0) is 16.2. The van der Waals surface area contributed by atoms with Crippen molar-refractivity contribution >= 4 is 12.0 Å². The Labute approximate surface area is 129 Å². The molecule has 0 heterocycles. The standard InChI is InChI=1S/C15H22N2O5/c1-21-13-6-4-12(5-7-13)11-22-10-9-17-15(20)16-8-2-3-14(18)19/h4-7H,2-3,8-11H2,1H3,(H,18,19)(H2,16,17,20). The molecular formula is C15H22N2O5. The van der Waals surface area contributed by atoms with E-state index < -0.39 is 5.97 Å². The van der Waals surface area contributed by atoms with E-state index >= 15 is 0 Å². The van der Waals surface area contributed by atoms with Crippen LogP contribution in [0.4, 0.5) is 4.79 Å². The van der Waals surface area contributed by atoms with Crippen molar-refractivity contribution < 1.29 is 24.2 Å². The fourth-order valence-electron chi connectivity index (χ4n) is 1.65. The number of benzene rings is 1. The second-order valence-electron chi connectivity index (χ2n) is 4.58. The third-order valence-corrected chi connectivity index (χ3v) is 2.81. The molecule has 7 nitrogen and oxygen atoms in total. The van der Waals surface area contributed by atoms with Crippen LogP contribution in [-0.4, -0.2) is 43.9 Å². The first kappa shape index (κ1) is 17.8. The fraction of sp³-hybridized carbons (Fsp3) is 0.467. The molecule has 0 radical (unpaired) electrons. The Kier molecular flexibility index (Phi) is 8.44. The highest BCUT2D eigenvalue weighted by Gasteiger charge is 2.01. The Bertz CT molecular complexity index is 462. The monoisotopic (exact) mass is 310 g/mol. The second-order valence-corrected chi connectivity index (χ2v) is 4.58. The highest BCUT2D eigenvalue weighted by molar-refractivity contribution is 5.73. The van der Waals surface area contributed by atoms with Gasteiger partial charge in [-0.1, -0.05) is 12.1 Å². The minimum atomic E-state index is -0.867. The molecule has 0 spiro atoms. The van der Waals surface area contributed by atoms with Crippen molar-refractivity contribution in [1.82, 2.24) is 10.6 Å². The molecule has 122 valence electrons. The van der Waals surface area contributed by atoms with Gasteiger partial charge in [-0.25, -0.2) is 4.79 Å². The van der Waals surface area contributed by atoms with Crippen LogP contribution in [0.1, 0.15) is 18.4 Å². The van der Waals surface area contributed by atoms with Gasteiger partial charge in [0.1, 0.15) is 5.75 Å². The van der Waals surface area contributed by atoms with Crippen LogP contribution in [0.2, 0.25) is 0 Å². The van der Waals surface area contributed by atoms with Crippen molar-refractivity contribution in [3.8, 4) is 5.75 Å². The molecule has 7 heteroatoms. The van der Waals surface area contributed by atoms with Crippen LogP contribution in [-0.2, 0) is 16.1 Å². The number of methoxy groups -OCH3 is 1. The zero-order valence-corrected chi connectivity index (χ0v) is 12.6. The smallest absolute Gasteiger partial charge is 0.314 e. The van der Waals surface area contributed by atoms with Crippen LogP contribution >= 0.6 is 0 Å². The summed E-state index contributed by atoms with van der Waals surface area (Å²) >= 11 is 0. The summed E-state index contributed by atoms with van der Waals surface area (Å²) in [6, 6.07) is 7.24. The second kappa shape index (κ2) is 10.4. The lowest BCUT2D eigenvalue weighted by molar-refractivity contribution is -0.137. The Morgan fingerprint density at radius 1 is 1.14 bits per heavy atom. The SMILES string of the molecule is COc1ccc(COCCNC(=O)NCCCC(=O)O)cc1. The average Bonchev–Trinajstić information content (AvgIpc) is 2.51. The van der Waals surface area contributed by atoms with Gasteiger partial charge in [0.2, 0.25) is 0 Å². The Morgan fingerprint density at radius 3 is 2.45 bits per heavy atom. The predicted octanol–water partition coefficient (Wildman–Crippen LogP) is 1.38. The fourth-order valence-corrected chi connectivity index (χ4v) is 1.65. The average molecular weight is 310 g/mol. The molecule has 1 aromatic rings. The summed E-state index contributed by atoms with van der Waals surface area (Å²) in [6.45, 7) is 1.59. The number of carbonyl (C=O) groups excluding carboxylic acids is 1. The number of carboxylic acid groups (broad SMARTS) is 1. The molecule has 0 aromatic heterocycles. The Hall–Kier alpha value is -2.28. The Balaban J connectivity index is 2.02. The number of hydrogen-bond donors (Lipinski definition) is 3. The number of ether oxygens (including phenoxy) is 2. The summed E-state index contributed by atoms with van der Waals surface area (Å²) in [5.41, 5.74) is 1.03. The number of amides is 2. The van der Waals surface area contributed by atoms with Crippen LogP contribution in [0.3, 0.4) is 0 Å². The van der Waals surface area contributed by atoms with Crippen molar-refractivity contribution in [2.45, 2.75) is 19.4 Å². The van der Waals surface area contributed by atoms with Crippen LogP contribution < -0.4 is 15.4 Å². The third kappa shape index (κ3) is 8.11. The van der Waals surface area contributed by atoms with E-state index in [-0.39, 0.29) is 12.5 Å². The molecule has 3 N–H and O–H groups in total. The molecule has 0 saturated heterocycles. The first-order chi connectivity index (χ1) is 10.6. The van der Waals surface area contributed by atoms with Crippen LogP contribution in [0.5, 0.6) is 5.75 Å². The lowest BCUT2D eigenvalue weighted by Gasteiger charge is -2.08. The van der Waals surface area contributed by atoms with Gasteiger partial charge < -0.3 is 25.2 Å². The van der Waals surface area contributed by atoms with Crippen molar-refractivity contribution in [3.63, 3.8) is 0 Å². The van der Waals surface area contributed by atoms with E-state index in [1.165, 1.54) is 0 Å². The van der Waals surface area contributed by atoms with Crippen LogP contribution in [0.25, 0.3) is 0 Å². The molecule has 0 atom stereocenters. The molecule has 1 rings (SSSR count). The molecule has 0 unspecified atom stereocenters. The number of carboxylic acids is 1. The number of aliphatic carboxylic acids is 1. The number of hydrogen-bond acceptors (Lipinski definition) is 4. The van der Waals surface area contributed by atoms with Crippen molar-refractivity contribution in [2.24, 2.45) is 0 Å². The van der Waals surface area contributed by atoms with E-state index in [1.54, 1.807) is 7.11 Å². The van der Waals surface area contributed by atoms with Gasteiger partial charge in [-0.05, 0) is 24.1 Å². The quantitative estimate of drug-likeness (QED) is 0.567. The number of urea groups is 1. The molecule has 2 amide bonds. The molecule has 0 fully saturated rings. The van der Waals surface area contributed by atoms with E-state index in [4.69, 9.17) is 14.6 Å². The van der Waals surface area contributed by atoms with E-state index in [0.717, 1.165) is 11.3 Å². The highest BCUT2D eigenvalue weighted by Crippen LogP contribution is 2.11. The van der Waals surface area contributed by atoms with Crippen LogP contribution in [0.15, 0.2) is 24.3 Å². The van der Waals surface area contributed by atoms with Gasteiger partial charge in [-0.2, -0.15) is 0 Å². The van der Waals surface area contributed by atoms with Gasteiger partial charge in [0.05, 0.1) is 20.3 Å². The maximum Gasteiger partial charge on any atom is 0.314 e. The van der Waals surface area contributed by atoms with E-state index in [9.17, 15) is 9.59 Å². The third-order valence-electron chi connectivity index (χ3n) is 2.81. The Morgan fingerprint density at radius 2 is 1.82 bits per heavy atom. The van der Waals surface area contributed by atoms with E-state index in [0.29, 0.717) is 32.7 Å². The molecule has 0 aliphatic rings. The molecule has 0 aliphatic heterocycles. The molecular weight excluding hydrogens is 288 g/mol. The highest BCUT2D eigenvalue weighted by atomic mass is 16.5.